The number of nitrogens with one attached hydrogen (secondary N) is 1. The Labute approximate surface area is 136 Å². The number of nitrogens with zero attached hydrogens (tertiary/aromatic N) is 2. The summed E-state index contributed by atoms with van der Waals surface area (Å²) in [6.07, 6.45) is 0. The van der Waals surface area contributed by atoms with E-state index in [1.165, 1.54) is 12.1 Å². The van der Waals surface area contributed by atoms with Gasteiger partial charge in [0.2, 0.25) is 0 Å². The van der Waals surface area contributed by atoms with E-state index in [0.717, 1.165) is 26.1 Å². The standard InChI is InChI=1S/C16H15FIN3/c1-10(19-13-8-7-11(17)9-12(13)18)16-20-14-5-3-4-6-15(14)21(16)2/h3-10,19H,1-2H3. The fourth-order valence-corrected chi connectivity index (χ4v) is 3.09. The van der Waals surface area contributed by atoms with E-state index in [4.69, 9.17) is 0 Å². The topological polar surface area (TPSA) is 29.9 Å². The predicted octanol–water partition coefficient (Wildman–Crippen LogP) is 4.49. The Bertz CT molecular complexity index is 797. The second-order valence-electron chi connectivity index (χ2n) is 5.01. The minimum atomic E-state index is -0.222. The molecule has 21 heavy (non-hydrogen) atoms. The normalized spacial score (nSPS) is 12.6. The van der Waals surface area contributed by atoms with Gasteiger partial charge in [-0.3, -0.25) is 0 Å². The lowest BCUT2D eigenvalue weighted by molar-refractivity contribution is 0.626. The van der Waals surface area contributed by atoms with Gasteiger partial charge in [-0.2, -0.15) is 0 Å². The number of aryl methyl sites for hydroxylation is 1. The van der Waals surface area contributed by atoms with Crippen LogP contribution in [0.25, 0.3) is 11.0 Å². The number of halogens is 2. The maximum Gasteiger partial charge on any atom is 0.131 e. The average Bonchev–Trinajstić information content (AvgIpc) is 2.80. The number of rotatable bonds is 3. The highest BCUT2D eigenvalue weighted by Gasteiger charge is 2.15. The number of para-hydroxylation sites is 2. The predicted molar refractivity (Wildman–Crippen MR) is 91.9 cm³/mol. The molecule has 1 atom stereocenters. The van der Waals surface area contributed by atoms with Crippen molar-refractivity contribution in [2.45, 2.75) is 13.0 Å². The van der Waals surface area contributed by atoms with E-state index < -0.39 is 0 Å². The zero-order valence-electron chi connectivity index (χ0n) is 11.8. The van der Waals surface area contributed by atoms with Crippen LogP contribution in [0.3, 0.4) is 0 Å². The second-order valence-corrected chi connectivity index (χ2v) is 6.17. The van der Waals surface area contributed by atoms with Crippen molar-refractivity contribution in [1.29, 1.82) is 0 Å². The average molecular weight is 395 g/mol. The Hall–Kier alpha value is -1.63. The van der Waals surface area contributed by atoms with Gasteiger partial charge in [0, 0.05) is 16.3 Å². The van der Waals surface area contributed by atoms with Crippen molar-refractivity contribution in [2.75, 3.05) is 5.32 Å². The van der Waals surface area contributed by atoms with Crippen LogP contribution in [-0.2, 0) is 7.05 Å². The fourth-order valence-electron chi connectivity index (χ4n) is 2.46. The largest absolute Gasteiger partial charge is 0.375 e. The summed E-state index contributed by atoms with van der Waals surface area (Å²) < 4.78 is 16.1. The smallest absolute Gasteiger partial charge is 0.131 e. The zero-order valence-corrected chi connectivity index (χ0v) is 13.9. The number of fused-ring (bicyclic) bond motifs is 1. The van der Waals surface area contributed by atoms with Gasteiger partial charge in [0.05, 0.1) is 17.1 Å². The van der Waals surface area contributed by atoms with Gasteiger partial charge in [-0.05, 0) is 59.8 Å². The van der Waals surface area contributed by atoms with Gasteiger partial charge in [-0.25, -0.2) is 9.37 Å². The Morgan fingerprint density at radius 1 is 1.24 bits per heavy atom. The molecule has 2 aromatic carbocycles. The Kier molecular flexibility index (Phi) is 3.84. The number of hydrogen-bond donors (Lipinski definition) is 1. The molecule has 1 aromatic heterocycles. The molecule has 3 nitrogen and oxygen atoms in total. The first-order valence-corrected chi connectivity index (χ1v) is 7.77. The SMILES string of the molecule is CC(Nc1ccc(F)cc1I)c1nc2ccccc2n1C. The molecule has 0 aliphatic carbocycles. The molecule has 0 saturated heterocycles. The van der Waals surface area contributed by atoms with Crippen LogP contribution in [-0.4, -0.2) is 9.55 Å². The van der Waals surface area contributed by atoms with E-state index in [1.54, 1.807) is 6.07 Å². The van der Waals surface area contributed by atoms with Crippen LogP contribution in [0.2, 0.25) is 0 Å². The Morgan fingerprint density at radius 3 is 2.71 bits per heavy atom. The fraction of sp³-hybridized carbons (Fsp3) is 0.188. The zero-order chi connectivity index (χ0) is 15.0. The molecule has 0 aliphatic heterocycles. The van der Waals surface area contributed by atoms with Crippen LogP contribution in [0, 0.1) is 9.39 Å². The third-order valence-corrected chi connectivity index (χ3v) is 4.40. The lowest BCUT2D eigenvalue weighted by Crippen LogP contribution is -2.12. The quantitative estimate of drug-likeness (QED) is 0.663. The molecule has 0 aliphatic rings. The third kappa shape index (κ3) is 2.74. The minimum absolute atomic E-state index is 0.0291. The first-order valence-electron chi connectivity index (χ1n) is 6.69. The van der Waals surface area contributed by atoms with E-state index in [2.05, 4.69) is 50.4 Å². The molecule has 3 rings (SSSR count). The van der Waals surface area contributed by atoms with E-state index in [1.807, 2.05) is 25.2 Å². The summed E-state index contributed by atoms with van der Waals surface area (Å²) in [5, 5.41) is 3.40. The third-order valence-electron chi connectivity index (χ3n) is 3.51. The lowest BCUT2D eigenvalue weighted by atomic mass is 10.2. The van der Waals surface area contributed by atoms with Crippen LogP contribution < -0.4 is 5.32 Å². The molecule has 0 radical (unpaired) electrons. The number of anilines is 1. The van der Waals surface area contributed by atoms with E-state index in [0.29, 0.717) is 0 Å². The van der Waals surface area contributed by atoms with Crippen molar-refractivity contribution in [2.24, 2.45) is 7.05 Å². The summed E-state index contributed by atoms with van der Waals surface area (Å²) in [7, 11) is 2.01. The summed E-state index contributed by atoms with van der Waals surface area (Å²) in [5.41, 5.74) is 3.00. The van der Waals surface area contributed by atoms with E-state index in [9.17, 15) is 4.39 Å². The number of aromatic nitrogens is 2. The van der Waals surface area contributed by atoms with Crippen LogP contribution in [0.1, 0.15) is 18.8 Å². The molecule has 5 heteroatoms. The molecule has 0 bridgehead atoms. The molecule has 1 unspecified atom stereocenters. The van der Waals surface area contributed by atoms with Crippen molar-refractivity contribution in [1.82, 2.24) is 9.55 Å². The van der Waals surface area contributed by atoms with Crippen molar-refractivity contribution in [3.8, 4) is 0 Å². The van der Waals surface area contributed by atoms with Crippen molar-refractivity contribution < 1.29 is 4.39 Å². The maximum absolute atomic E-state index is 13.2. The van der Waals surface area contributed by atoms with Gasteiger partial charge >= 0.3 is 0 Å². The van der Waals surface area contributed by atoms with Gasteiger partial charge in [0.25, 0.3) is 0 Å². The summed E-state index contributed by atoms with van der Waals surface area (Å²) in [6, 6.07) is 12.8. The van der Waals surface area contributed by atoms with Crippen molar-refractivity contribution in [3.63, 3.8) is 0 Å². The van der Waals surface area contributed by atoms with Gasteiger partial charge < -0.3 is 9.88 Å². The second kappa shape index (κ2) is 5.63. The first-order chi connectivity index (χ1) is 10.1. The monoisotopic (exact) mass is 395 g/mol. The lowest BCUT2D eigenvalue weighted by Gasteiger charge is -2.16. The number of hydrogen-bond acceptors (Lipinski definition) is 2. The van der Waals surface area contributed by atoms with Crippen molar-refractivity contribution >= 4 is 39.3 Å². The van der Waals surface area contributed by atoms with Gasteiger partial charge in [0.15, 0.2) is 0 Å². The van der Waals surface area contributed by atoms with Crippen LogP contribution in [0.5, 0.6) is 0 Å². The number of imidazole rings is 1. The van der Waals surface area contributed by atoms with Crippen LogP contribution >= 0.6 is 22.6 Å². The Balaban J connectivity index is 1.93. The molecule has 1 heterocycles. The van der Waals surface area contributed by atoms with E-state index >= 15 is 0 Å². The van der Waals surface area contributed by atoms with Crippen LogP contribution in [0.4, 0.5) is 10.1 Å². The molecule has 3 aromatic rings. The summed E-state index contributed by atoms with van der Waals surface area (Å²) in [4.78, 5) is 4.68. The minimum Gasteiger partial charge on any atom is -0.375 e. The van der Waals surface area contributed by atoms with Crippen LogP contribution in [0.15, 0.2) is 42.5 Å². The first kappa shape index (κ1) is 14.3. The molecule has 108 valence electrons. The molecular weight excluding hydrogens is 380 g/mol. The highest BCUT2D eigenvalue weighted by Crippen LogP contribution is 2.25. The molecule has 0 saturated carbocycles. The Morgan fingerprint density at radius 2 is 2.00 bits per heavy atom. The van der Waals surface area contributed by atoms with Gasteiger partial charge in [-0.1, -0.05) is 12.1 Å². The highest BCUT2D eigenvalue weighted by atomic mass is 127. The highest BCUT2D eigenvalue weighted by molar-refractivity contribution is 14.1. The summed E-state index contributed by atoms with van der Waals surface area (Å²) in [5.74, 6) is 0.733. The summed E-state index contributed by atoms with van der Waals surface area (Å²) in [6.45, 7) is 2.06. The number of benzene rings is 2. The molecule has 0 spiro atoms. The molecule has 0 fully saturated rings. The summed E-state index contributed by atoms with van der Waals surface area (Å²) >= 11 is 2.13. The van der Waals surface area contributed by atoms with Crippen molar-refractivity contribution in [3.05, 3.63) is 57.7 Å². The molecule has 1 N–H and O–H groups in total. The maximum atomic E-state index is 13.2. The van der Waals surface area contributed by atoms with E-state index in [-0.39, 0.29) is 11.9 Å². The van der Waals surface area contributed by atoms with Gasteiger partial charge in [-0.15, -0.1) is 0 Å². The molecule has 0 amide bonds. The van der Waals surface area contributed by atoms with Gasteiger partial charge in [0.1, 0.15) is 11.6 Å². The molecular formula is C16H15FIN3.